The molecule has 0 unspecified atom stereocenters. The van der Waals surface area contributed by atoms with Gasteiger partial charge in [-0.15, -0.1) is 0 Å². The van der Waals surface area contributed by atoms with Crippen LogP contribution in [0.4, 0.5) is 5.95 Å². The number of aryl methyl sites for hydroxylation is 1. The maximum atomic E-state index is 4.46. The van der Waals surface area contributed by atoms with E-state index in [-0.39, 0.29) is 0 Å². The summed E-state index contributed by atoms with van der Waals surface area (Å²) >= 11 is 1.46. The maximum absolute atomic E-state index is 4.46. The minimum absolute atomic E-state index is 0.630. The Labute approximate surface area is 119 Å². The van der Waals surface area contributed by atoms with Crippen molar-refractivity contribution in [3.05, 3.63) is 24.4 Å². The van der Waals surface area contributed by atoms with Gasteiger partial charge in [0.25, 0.3) is 0 Å². The van der Waals surface area contributed by atoms with E-state index in [2.05, 4.69) is 35.2 Å². The van der Waals surface area contributed by atoms with Crippen LogP contribution in [0.5, 0.6) is 0 Å². The minimum atomic E-state index is 0.630. The topological polar surface area (TPSA) is 92.3 Å². The van der Waals surface area contributed by atoms with Crippen molar-refractivity contribution in [2.45, 2.75) is 23.9 Å². The molecular weight excluding hydrogens is 274 g/mol. The third-order valence-corrected chi connectivity index (χ3v) is 3.48. The number of H-pyrrole nitrogens is 1. The Balaban J connectivity index is 1.96. The third-order valence-electron chi connectivity index (χ3n) is 2.56. The first-order valence-corrected chi connectivity index (χ1v) is 6.99. The highest BCUT2D eigenvalue weighted by Crippen LogP contribution is 2.29. The molecule has 0 aliphatic rings. The molecule has 3 rings (SSSR count). The summed E-state index contributed by atoms with van der Waals surface area (Å²) in [5, 5.41) is 4.75. The van der Waals surface area contributed by atoms with Crippen molar-refractivity contribution in [2.75, 3.05) is 11.9 Å². The number of fused-ring (bicyclic) bond motifs is 1. The fraction of sp³-hybridized carbons (Fsp3) is 0.250. The van der Waals surface area contributed by atoms with E-state index in [9.17, 15) is 0 Å². The summed E-state index contributed by atoms with van der Waals surface area (Å²) in [6.07, 6.45) is 3.11. The van der Waals surface area contributed by atoms with Crippen LogP contribution in [0.3, 0.4) is 0 Å². The van der Waals surface area contributed by atoms with E-state index in [1.54, 1.807) is 6.33 Å². The molecule has 7 nitrogen and oxygen atoms in total. The number of anilines is 1. The summed E-state index contributed by atoms with van der Waals surface area (Å²) in [5.41, 5.74) is 2.38. The molecule has 3 heterocycles. The van der Waals surface area contributed by atoms with Gasteiger partial charge in [-0.05, 0) is 31.7 Å². The number of imidazole rings is 1. The van der Waals surface area contributed by atoms with Gasteiger partial charge in [0.15, 0.2) is 5.65 Å². The highest BCUT2D eigenvalue weighted by Gasteiger charge is 2.10. The van der Waals surface area contributed by atoms with Gasteiger partial charge in [-0.25, -0.2) is 24.9 Å². The van der Waals surface area contributed by atoms with Crippen LogP contribution in [0.1, 0.15) is 12.6 Å². The molecule has 0 bridgehead atoms. The van der Waals surface area contributed by atoms with Gasteiger partial charge in [0.05, 0.1) is 6.33 Å². The van der Waals surface area contributed by atoms with Crippen LogP contribution in [-0.2, 0) is 0 Å². The summed E-state index contributed by atoms with van der Waals surface area (Å²) in [6.45, 7) is 4.74. The van der Waals surface area contributed by atoms with E-state index in [0.29, 0.717) is 11.6 Å². The van der Waals surface area contributed by atoms with Crippen LogP contribution < -0.4 is 5.32 Å². The minimum Gasteiger partial charge on any atom is -0.354 e. The Morgan fingerprint density at radius 1 is 1.25 bits per heavy atom. The number of hydrogen-bond donors (Lipinski definition) is 2. The zero-order valence-electron chi connectivity index (χ0n) is 11.1. The predicted octanol–water partition coefficient (Wildman–Crippen LogP) is 2.03. The van der Waals surface area contributed by atoms with E-state index in [1.165, 1.54) is 18.1 Å². The van der Waals surface area contributed by atoms with Crippen molar-refractivity contribution < 1.29 is 0 Å². The lowest BCUT2D eigenvalue weighted by Gasteiger charge is -2.06. The van der Waals surface area contributed by atoms with Crippen molar-refractivity contribution in [3.8, 4) is 0 Å². The predicted molar refractivity (Wildman–Crippen MR) is 76.7 cm³/mol. The average molecular weight is 287 g/mol. The zero-order valence-corrected chi connectivity index (χ0v) is 11.9. The molecule has 0 aliphatic carbocycles. The second-order valence-corrected chi connectivity index (χ2v) is 5.09. The summed E-state index contributed by atoms with van der Waals surface area (Å²) in [6, 6.07) is 1.93. The molecule has 20 heavy (non-hydrogen) atoms. The van der Waals surface area contributed by atoms with Crippen LogP contribution in [0.25, 0.3) is 11.2 Å². The van der Waals surface area contributed by atoms with E-state index < -0.39 is 0 Å². The van der Waals surface area contributed by atoms with Crippen LogP contribution in [0.2, 0.25) is 0 Å². The van der Waals surface area contributed by atoms with Crippen molar-refractivity contribution in [1.82, 2.24) is 29.9 Å². The maximum Gasteiger partial charge on any atom is 0.223 e. The van der Waals surface area contributed by atoms with E-state index >= 15 is 0 Å². The molecule has 102 valence electrons. The number of aromatic amines is 1. The molecule has 0 fully saturated rings. The first-order chi connectivity index (χ1) is 9.76. The highest BCUT2D eigenvalue weighted by atomic mass is 32.2. The summed E-state index contributed by atoms with van der Waals surface area (Å²) in [7, 11) is 0. The molecule has 3 aromatic rings. The Morgan fingerprint density at radius 2 is 2.15 bits per heavy atom. The number of aromatic nitrogens is 6. The second kappa shape index (κ2) is 5.41. The monoisotopic (exact) mass is 287 g/mol. The van der Waals surface area contributed by atoms with Crippen molar-refractivity contribution in [1.29, 1.82) is 0 Å². The van der Waals surface area contributed by atoms with Crippen LogP contribution >= 0.6 is 11.8 Å². The number of rotatable bonds is 4. The molecule has 3 aromatic heterocycles. The van der Waals surface area contributed by atoms with Crippen molar-refractivity contribution >= 4 is 28.9 Å². The second-order valence-electron chi connectivity index (χ2n) is 4.08. The number of hydrogen-bond acceptors (Lipinski definition) is 7. The Bertz CT molecular complexity index is 740. The van der Waals surface area contributed by atoms with Crippen LogP contribution in [-0.4, -0.2) is 36.4 Å². The van der Waals surface area contributed by atoms with E-state index in [4.69, 9.17) is 0 Å². The van der Waals surface area contributed by atoms with Crippen LogP contribution in [0.15, 0.2) is 28.8 Å². The van der Waals surface area contributed by atoms with Gasteiger partial charge in [0.2, 0.25) is 5.95 Å². The average Bonchev–Trinajstić information content (AvgIpc) is 2.88. The molecule has 0 atom stereocenters. The lowest BCUT2D eigenvalue weighted by atomic mass is 10.5. The van der Waals surface area contributed by atoms with Gasteiger partial charge in [-0.3, -0.25) is 0 Å². The fourth-order valence-electron chi connectivity index (χ4n) is 1.75. The van der Waals surface area contributed by atoms with Crippen molar-refractivity contribution in [3.63, 3.8) is 0 Å². The molecule has 0 radical (unpaired) electrons. The first kappa shape index (κ1) is 12.8. The Kier molecular flexibility index (Phi) is 3.46. The number of nitrogens with one attached hydrogen (secondary N) is 2. The summed E-state index contributed by atoms with van der Waals surface area (Å²) in [4.78, 5) is 24.3. The van der Waals surface area contributed by atoms with Gasteiger partial charge in [-0.1, -0.05) is 0 Å². The molecule has 0 aliphatic heterocycles. The Hall–Kier alpha value is -2.22. The van der Waals surface area contributed by atoms with Crippen molar-refractivity contribution in [2.24, 2.45) is 0 Å². The SMILES string of the molecule is CCNc1nc(C)cc(Sc2ncnc3nc[nH]c23)n1. The van der Waals surface area contributed by atoms with Gasteiger partial charge in [0, 0.05) is 12.2 Å². The Morgan fingerprint density at radius 3 is 3.00 bits per heavy atom. The van der Waals surface area contributed by atoms with Gasteiger partial charge in [0.1, 0.15) is 21.9 Å². The third kappa shape index (κ3) is 2.55. The zero-order chi connectivity index (χ0) is 13.9. The molecule has 0 aromatic carbocycles. The molecule has 2 N–H and O–H groups in total. The normalized spacial score (nSPS) is 10.9. The van der Waals surface area contributed by atoms with E-state index in [0.717, 1.165) is 27.8 Å². The molecule has 0 saturated heterocycles. The molecule has 8 heteroatoms. The van der Waals surface area contributed by atoms with Gasteiger partial charge in [-0.2, -0.15) is 0 Å². The quantitative estimate of drug-likeness (QED) is 0.709. The highest BCUT2D eigenvalue weighted by molar-refractivity contribution is 7.99. The fourth-order valence-corrected chi connectivity index (χ4v) is 2.66. The number of nitrogens with zero attached hydrogens (tertiary/aromatic N) is 5. The smallest absolute Gasteiger partial charge is 0.223 e. The van der Waals surface area contributed by atoms with Crippen LogP contribution in [0, 0.1) is 6.92 Å². The summed E-state index contributed by atoms with van der Waals surface area (Å²) in [5.74, 6) is 0.630. The molecule has 0 saturated carbocycles. The molecule has 0 spiro atoms. The largest absolute Gasteiger partial charge is 0.354 e. The summed E-state index contributed by atoms with van der Waals surface area (Å²) < 4.78 is 0. The van der Waals surface area contributed by atoms with E-state index in [1.807, 2.05) is 19.9 Å². The van der Waals surface area contributed by atoms with Gasteiger partial charge >= 0.3 is 0 Å². The standard InChI is InChI=1S/C12H13N7S/c1-3-13-12-18-7(2)4-8(19-12)20-11-9-10(15-5-14-9)16-6-17-11/h4-6H,3H2,1-2H3,(H,13,18,19)(H,14,15,16,17). The lowest BCUT2D eigenvalue weighted by Crippen LogP contribution is -2.03. The lowest BCUT2D eigenvalue weighted by molar-refractivity contribution is 0.980. The molecular formula is C12H13N7S. The first-order valence-electron chi connectivity index (χ1n) is 6.17. The molecule has 0 amide bonds. The van der Waals surface area contributed by atoms with Gasteiger partial charge < -0.3 is 10.3 Å².